The summed E-state index contributed by atoms with van der Waals surface area (Å²) < 4.78 is 6.59. The zero-order chi connectivity index (χ0) is 19.6. The van der Waals surface area contributed by atoms with Gasteiger partial charge in [0.2, 0.25) is 12.3 Å². The number of nitrogens with one attached hydrogen (secondary N) is 1. The standard InChI is InChI=1S/C18H29N7O2/c1-21(2)13-19-9-8-12-25-14-15(22(3)18(27)23(4)16(14)26)20-17(25)24-10-6-5-7-11-24/h13H,5-12H2,1-4H3/p+1. The zero-order valence-electron chi connectivity index (χ0n) is 16.7. The number of rotatable bonds is 6. The molecule has 1 fully saturated rings. The van der Waals surface area contributed by atoms with E-state index in [9.17, 15) is 9.59 Å². The van der Waals surface area contributed by atoms with E-state index in [2.05, 4.69) is 10.2 Å². The van der Waals surface area contributed by atoms with Crippen molar-refractivity contribution in [3.05, 3.63) is 20.8 Å². The van der Waals surface area contributed by atoms with E-state index in [1.807, 2.05) is 29.6 Å². The van der Waals surface area contributed by atoms with Crippen LogP contribution in [0, 0.1) is 0 Å². The molecule has 0 amide bonds. The topological polar surface area (TPSA) is 80.1 Å². The van der Waals surface area contributed by atoms with Gasteiger partial charge in [-0.05, 0) is 19.3 Å². The van der Waals surface area contributed by atoms with Crippen molar-refractivity contribution in [3.8, 4) is 0 Å². The van der Waals surface area contributed by atoms with Crippen LogP contribution >= 0.6 is 0 Å². The Morgan fingerprint density at radius 3 is 2.48 bits per heavy atom. The first-order valence-electron chi connectivity index (χ1n) is 9.56. The van der Waals surface area contributed by atoms with Gasteiger partial charge in [0.05, 0.1) is 20.6 Å². The number of aryl methyl sites for hydroxylation is 2. The first kappa shape index (κ1) is 19.2. The highest BCUT2D eigenvalue weighted by molar-refractivity contribution is 5.74. The summed E-state index contributed by atoms with van der Waals surface area (Å²) in [6.45, 7) is 3.34. The van der Waals surface area contributed by atoms with Crippen LogP contribution in [0.25, 0.3) is 11.2 Å². The molecule has 148 valence electrons. The van der Waals surface area contributed by atoms with E-state index in [4.69, 9.17) is 4.98 Å². The van der Waals surface area contributed by atoms with Crippen LogP contribution in [0.5, 0.6) is 0 Å². The summed E-state index contributed by atoms with van der Waals surface area (Å²) in [6.07, 6.45) is 6.24. The van der Waals surface area contributed by atoms with Gasteiger partial charge in [-0.2, -0.15) is 4.98 Å². The lowest BCUT2D eigenvalue weighted by molar-refractivity contribution is -0.461. The maximum absolute atomic E-state index is 12.8. The lowest BCUT2D eigenvalue weighted by atomic mass is 10.1. The average Bonchev–Trinajstić information content (AvgIpc) is 3.04. The first-order valence-corrected chi connectivity index (χ1v) is 9.56. The molecule has 0 aromatic carbocycles. The highest BCUT2D eigenvalue weighted by Gasteiger charge is 2.23. The summed E-state index contributed by atoms with van der Waals surface area (Å²) in [4.78, 5) is 32.1. The molecule has 2 aromatic heterocycles. The molecule has 2 aromatic rings. The number of piperidine rings is 1. The fraction of sp³-hybridized carbons (Fsp3) is 0.667. The summed E-state index contributed by atoms with van der Waals surface area (Å²) in [5.74, 6) is 0.805. The molecule has 1 aliphatic rings. The molecule has 0 aliphatic carbocycles. The van der Waals surface area contributed by atoms with Gasteiger partial charge in [-0.25, -0.2) is 4.79 Å². The van der Waals surface area contributed by atoms with Crippen molar-refractivity contribution >= 4 is 23.5 Å². The van der Waals surface area contributed by atoms with E-state index >= 15 is 0 Å². The zero-order valence-corrected chi connectivity index (χ0v) is 16.7. The van der Waals surface area contributed by atoms with Crippen molar-refractivity contribution in [2.45, 2.75) is 32.2 Å². The second-order valence-electron chi connectivity index (χ2n) is 7.39. The van der Waals surface area contributed by atoms with E-state index in [1.54, 1.807) is 7.05 Å². The van der Waals surface area contributed by atoms with Gasteiger partial charge in [0, 0.05) is 40.2 Å². The smallest absolute Gasteiger partial charge is 0.332 e. The highest BCUT2D eigenvalue weighted by atomic mass is 16.2. The number of nitrogens with zero attached hydrogens (tertiary/aromatic N) is 6. The van der Waals surface area contributed by atoms with Crippen LogP contribution in [0.3, 0.4) is 0 Å². The molecule has 0 bridgehead atoms. The van der Waals surface area contributed by atoms with Crippen molar-refractivity contribution in [2.24, 2.45) is 14.1 Å². The van der Waals surface area contributed by atoms with Gasteiger partial charge < -0.3 is 9.47 Å². The Hall–Kier alpha value is -2.58. The minimum atomic E-state index is -0.343. The third-order valence-corrected chi connectivity index (χ3v) is 5.02. The van der Waals surface area contributed by atoms with Crippen LogP contribution < -0.4 is 21.5 Å². The Balaban J connectivity index is 2.02. The molecule has 3 heterocycles. The minimum Gasteiger partial charge on any atom is -0.342 e. The van der Waals surface area contributed by atoms with Crippen molar-refractivity contribution in [1.29, 1.82) is 0 Å². The monoisotopic (exact) mass is 376 g/mol. The van der Waals surface area contributed by atoms with E-state index < -0.39 is 0 Å². The van der Waals surface area contributed by atoms with Gasteiger partial charge >= 0.3 is 5.69 Å². The SMILES string of the molecule is Cn1c(=O)c2c(nc(N3CCCCC3)n2CCCNC=[N+](C)C)n(C)c1=O. The molecule has 0 saturated carbocycles. The van der Waals surface area contributed by atoms with E-state index in [0.29, 0.717) is 17.7 Å². The molecule has 27 heavy (non-hydrogen) atoms. The van der Waals surface area contributed by atoms with E-state index in [1.165, 1.54) is 22.6 Å². The Morgan fingerprint density at radius 2 is 1.81 bits per heavy atom. The maximum atomic E-state index is 12.8. The van der Waals surface area contributed by atoms with Crippen LogP contribution in [0.1, 0.15) is 25.7 Å². The van der Waals surface area contributed by atoms with E-state index in [-0.39, 0.29) is 11.2 Å². The van der Waals surface area contributed by atoms with Crippen LogP contribution in [0.15, 0.2) is 9.59 Å². The highest BCUT2D eigenvalue weighted by Crippen LogP contribution is 2.23. The van der Waals surface area contributed by atoms with Crippen molar-refractivity contribution in [2.75, 3.05) is 38.6 Å². The second-order valence-corrected chi connectivity index (χ2v) is 7.39. The average molecular weight is 376 g/mol. The van der Waals surface area contributed by atoms with Crippen LogP contribution in [0.4, 0.5) is 5.95 Å². The number of fused-ring (bicyclic) bond motifs is 1. The van der Waals surface area contributed by atoms with Crippen molar-refractivity contribution in [3.63, 3.8) is 0 Å². The maximum Gasteiger partial charge on any atom is 0.332 e. The molecule has 0 spiro atoms. The van der Waals surface area contributed by atoms with E-state index in [0.717, 1.165) is 44.8 Å². The van der Waals surface area contributed by atoms with Gasteiger partial charge in [0.1, 0.15) is 0 Å². The van der Waals surface area contributed by atoms with Crippen molar-refractivity contribution in [1.82, 2.24) is 24.0 Å². The molecule has 9 nitrogen and oxygen atoms in total. The summed E-state index contributed by atoms with van der Waals surface area (Å²) in [6, 6.07) is 0. The fourth-order valence-electron chi connectivity index (χ4n) is 3.57. The number of hydrogen-bond donors (Lipinski definition) is 1. The third-order valence-electron chi connectivity index (χ3n) is 5.02. The number of anilines is 1. The third kappa shape index (κ3) is 3.77. The van der Waals surface area contributed by atoms with Crippen LogP contribution in [0.2, 0.25) is 0 Å². The van der Waals surface area contributed by atoms with Crippen LogP contribution in [-0.2, 0) is 20.6 Å². The van der Waals surface area contributed by atoms with Gasteiger partial charge in [0.15, 0.2) is 11.2 Å². The Labute approximate surface area is 158 Å². The molecule has 9 heteroatoms. The lowest BCUT2D eigenvalue weighted by Crippen LogP contribution is -2.37. The quantitative estimate of drug-likeness (QED) is 0.324. The van der Waals surface area contributed by atoms with Gasteiger partial charge in [-0.3, -0.25) is 23.8 Å². The normalized spacial score (nSPS) is 14.6. The molecular formula is C18H30N7O2+. The molecule has 1 saturated heterocycles. The summed E-state index contributed by atoms with van der Waals surface area (Å²) in [5.41, 5.74) is 0.356. The molecule has 3 rings (SSSR count). The molecule has 0 radical (unpaired) electrons. The number of imidazole rings is 1. The second kappa shape index (κ2) is 7.98. The molecular weight excluding hydrogens is 346 g/mol. The molecule has 0 unspecified atom stereocenters. The Kier molecular flexibility index (Phi) is 5.67. The summed E-state index contributed by atoms with van der Waals surface area (Å²) >= 11 is 0. The molecule has 1 N–H and O–H groups in total. The Bertz CT molecular complexity index is 957. The predicted molar refractivity (Wildman–Crippen MR) is 107 cm³/mol. The molecule has 0 atom stereocenters. The lowest BCUT2D eigenvalue weighted by Gasteiger charge is -2.28. The summed E-state index contributed by atoms with van der Waals surface area (Å²) in [7, 11) is 7.13. The largest absolute Gasteiger partial charge is 0.342 e. The van der Waals surface area contributed by atoms with Gasteiger partial charge in [-0.1, -0.05) is 0 Å². The minimum absolute atomic E-state index is 0.281. The van der Waals surface area contributed by atoms with Gasteiger partial charge in [0.25, 0.3) is 5.56 Å². The predicted octanol–water partition coefficient (Wildman–Crippen LogP) is -0.296. The first-order chi connectivity index (χ1) is 12.9. The van der Waals surface area contributed by atoms with Crippen LogP contribution in [-0.4, -0.2) is 63.3 Å². The molecule has 1 aliphatic heterocycles. The van der Waals surface area contributed by atoms with Gasteiger partial charge in [-0.15, -0.1) is 0 Å². The number of aromatic nitrogens is 4. The Morgan fingerprint density at radius 1 is 1.11 bits per heavy atom. The fourth-order valence-corrected chi connectivity index (χ4v) is 3.57. The summed E-state index contributed by atoms with van der Waals surface area (Å²) in [5, 5.41) is 3.26. The van der Waals surface area contributed by atoms with Crippen molar-refractivity contribution < 1.29 is 4.58 Å². The number of hydrogen-bond acceptors (Lipinski definition) is 4.